The molecule has 2 heterocycles. The van der Waals surface area contributed by atoms with Gasteiger partial charge in [0.2, 0.25) is 0 Å². The fraction of sp³-hybridized carbons (Fsp3) is 0. The lowest BCUT2D eigenvalue weighted by atomic mass is 10.0. The lowest BCUT2D eigenvalue weighted by molar-refractivity contribution is 0.631. The SMILES string of the molecule is Cl.Nc1cnc(-c2ccc(-c3ccccc3Sc3ncccn3)cc2F)cn1. The molecule has 0 fully saturated rings. The van der Waals surface area contributed by atoms with Gasteiger partial charge >= 0.3 is 0 Å². The Balaban J connectivity index is 0.00000225. The molecule has 2 aromatic carbocycles. The molecule has 0 aliphatic rings. The highest BCUT2D eigenvalue weighted by Gasteiger charge is 2.12. The van der Waals surface area contributed by atoms with Gasteiger partial charge in [0.1, 0.15) is 11.6 Å². The average molecular weight is 412 g/mol. The summed E-state index contributed by atoms with van der Waals surface area (Å²) in [6, 6.07) is 14.6. The third kappa shape index (κ3) is 4.27. The Morgan fingerprint density at radius 2 is 1.61 bits per heavy atom. The first-order valence-electron chi connectivity index (χ1n) is 8.12. The molecule has 0 saturated heterocycles. The van der Waals surface area contributed by atoms with Crippen molar-refractivity contribution in [2.75, 3.05) is 5.73 Å². The van der Waals surface area contributed by atoms with Crippen LogP contribution >= 0.6 is 24.2 Å². The predicted octanol–water partition coefficient (Wildman–Crippen LogP) is 4.89. The quantitative estimate of drug-likeness (QED) is 0.481. The number of nitrogens with two attached hydrogens (primary N) is 1. The molecule has 2 aromatic heterocycles. The summed E-state index contributed by atoms with van der Waals surface area (Å²) >= 11 is 1.44. The molecular weight excluding hydrogens is 397 g/mol. The third-order valence-electron chi connectivity index (χ3n) is 3.86. The van der Waals surface area contributed by atoms with Gasteiger partial charge in [-0.05, 0) is 47.2 Å². The Morgan fingerprint density at radius 3 is 2.32 bits per heavy atom. The van der Waals surface area contributed by atoms with Crippen molar-refractivity contribution >= 4 is 30.0 Å². The van der Waals surface area contributed by atoms with Gasteiger partial charge in [0.15, 0.2) is 5.16 Å². The summed E-state index contributed by atoms with van der Waals surface area (Å²) in [4.78, 5) is 17.5. The Morgan fingerprint density at radius 1 is 0.821 bits per heavy atom. The van der Waals surface area contributed by atoms with Crippen LogP contribution in [0.15, 0.2) is 83.4 Å². The van der Waals surface area contributed by atoms with E-state index in [1.807, 2.05) is 30.3 Å². The first kappa shape index (κ1) is 19.7. The highest BCUT2D eigenvalue weighted by atomic mass is 35.5. The molecule has 4 rings (SSSR count). The van der Waals surface area contributed by atoms with E-state index in [4.69, 9.17) is 5.73 Å². The lowest BCUT2D eigenvalue weighted by Gasteiger charge is -2.10. The average Bonchev–Trinajstić information content (AvgIpc) is 2.70. The largest absolute Gasteiger partial charge is 0.382 e. The minimum atomic E-state index is -0.373. The zero-order chi connectivity index (χ0) is 18.6. The molecule has 0 atom stereocenters. The van der Waals surface area contributed by atoms with E-state index in [0.717, 1.165) is 16.0 Å². The number of benzene rings is 2. The zero-order valence-electron chi connectivity index (χ0n) is 14.5. The number of nitrogens with zero attached hydrogens (tertiary/aromatic N) is 4. The Bertz CT molecular complexity index is 1080. The smallest absolute Gasteiger partial charge is 0.192 e. The second kappa shape index (κ2) is 8.77. The molecule has 28 heavy (non-hydrogen) atoms. The Kier molecular flexibility index (Phi) is 6.18. The molecule has 8 heteroatoms. The molecule has 0 unspecified atom stereocenters. The minimum Gasteiger partial charge on any atom is -0.382 e. The minimum absolute atomic E-state index is 0. The van der Waals surface area contributed by atoms with Crippen LogP contribution in [0.25, 0.3) is 22.4 Å². The van der Waals surface area contributed by atoms with Crippen molar-refractivity contribution in [2.24, 2.45) is 0 Å². The maximum absolute atomic E-state index is 14.8. The predicted molar refractivity (Wildman–Crippen MR) is 111 cm³/mol. The molecule has 4 aromatic rings. The van der Waals surface area contributed by atoms with Crippen molar-refractivity contribution in [3.05, 3.63) is 79.1 Å². The van der Waals surface area contributed by atoms with Gasteiger partial charge in [-0.15, -0.1) is 12.4 Å². The van der Waals surface area contributed by atoms with Gasteiger partial charge in [0.05, 0.1) is 18.1 Å². The zero-order valence-corrected chi connectivity index (χ0v) is 16.1. The van der Waals surface area contributed by atoms with Crippen LogP contribution in [0.5, 0.6) is 0 Å². The van der Waals surface area contributed by atoms with Crippen LogP contribution in [-0.4, -0.2) is 19.9 Å². The Labute approximate surface area is 171 Å². The van der Waals surface area contributed by atoms with Gasteiger partial charge < -0.3 is 5.73 Å². The summed E-state index contributed by atoms with van der Waals surface area (Å²) < 4.78 is 14.8. The molecule has 0 amide bonds. The summed E-state index contributed by atoms with van der Waals surface area (Å²) in [6.07, 6.45) is 6.26. The van der Waals surface area contributed by atoms with Gasteiger partial charge in [0, 0.05) is 22.9 Å². The maximum atomic E-state index is 14.8. The molecule has 0 aliphatic heterocycles. The van der Waals surface area contributed by atoms with E-state index in [0.29, 0.717) is 22.2 Å². The summed E-state index contributed by atoms with van der Waals surface area (Å²) in [5.41, 5.74) is 8.03. The maximum Gasteiger partial charge on any atom is 0.192 e. The van der Waals surface area contributed by atoms with Crippen LogP contribution in [-0.2, 0) is 0 Å². The summed E-state index contributed by atoms with van der Waals surface area (Å²) in [5.74, 6) is -0.0767. The molecule has 0 spiro atoms. The van der Waals surface area contributed by atoms with Crippen LogP contribution in [0, 0.1) is 5.82 Å². The monoisotopic (exact) mass is 411 g/mol. The number of nitrogen functional groups attached to an aromatic ring is 1. The Hall–Kier alpha value is -3.03. The molecule has 0 aliphatic carbocycles. The summed E-state index contributed by atoms with van der Waals surface area (Å²) in [7, 11) is 0. The molecule has 5 nitrogen and oxygen atoms in total. The lowest BCUT2D eigenvalue weighted by Crippen LogP contribution is -1.94. The molecular formula is C20H15ClFN5S. The van der Waals surface area contributed by atoms with Crippen molar-refractivity contribution < 1.29 is 4.39 Å². The van der Waals surface area contributed by atoms with Crippen molar-refractivity contribution in [1.82, 2.24) is 19.9 Å². The highest BCUT2D eigenvalue weighted by Crippen LogP contribution is 2.35. The summed E-state index contributed by atoms with van der Waals surface area (Å²) in [5, 5.41) is 0.638. The summed E-state index contributed by atoms with van der Waals surface area (Å²) in [6.45, 7) is 0. The first-order valence-corrected chi connectivity index (χ1v) is 8.94. The van der Waals surface area contributed by atoms with E-state index in [2.05, 4.69) is 19.9 Å². The highest BCUT2D eigenvalue weighted by molar-refractivity contribution is 7.99. The van der Waals surface area contributed by atoms with E-state index in [9.17, 15) is 4.39 Å². The molecule has 0 radical (unpaired) electrons. The van der Waals surface area contributed by atoms with Gasteiger partial charge in [-0.25, -0.2) is 19.3 Å². The number of rotatable bonds is 4. The molecule has 0 saturated carbocycles. The van der Waals surface area contributed by atoms with Crippen LogP contribution < -0.4 is 5.73 Å². The van der Waals surface area contributed by atoms with E-state index < -0.39 is 0 Å². The topological polar surface area (TPSA) is 77.6 Å². The van der Waals surface area contributed by atoms with Crippen LogP contribution in [0.2, 0.25) is 0 Å². The van der Waals surface area contributed by atoms with Crippen LogP contribution in [0.4, 0.5) is 10.2 Å². The van der Waals surface area contributed by atoms with Crippen LogP contribution in [0.3, 0.4) is 0 Å². The second-order valence-electron chi connectivity index (χ2n) is 5.65. The number of hydrogen-bond acceptors (Lipinski definition) is 6. The molecule has 0 bridgehead atoms. The van der Waals surface area contributed by atoms with Gasteiger partial charge in [-0.2, -0.15) is 0 Å². The molecule has 140 valence electrons. The van der Waals surface area contributed by atoms with Gasteiger partial charge in [-0.1, -0.05) is 24.3 Å². The van der Waals surface area contributed by atoms with Crippen molar-refractivity contribution in [3.8, 4) is 22.4 Å². The van der Waals surface area contributed by atoms with Crippen LogP contribution in [0.1, 0.15) is 0 Å². The second-order valence-corrected chi connectivity index (χ2v) is 6.66. The number of aromatic nitrogens is 4. The number of hydrogen-bond donors (Lipinski definition) is 1. The molecule has 2 N–H and O–H groups in total. The van der Waals surface area contributed by atoms with Crippen molar-refractivity contribution in [1.29, 1.82) is 0 Å². The van der Waals surface area contributed by atoms with Gasteiger partial charge in [0.25, 0.3) is 0 Å². The normalized spacial score (nSPS) is 10.3. The van der Waals surface area contributed by atoms with E-state index in [-0.39, 0.29) is 18.2 Å². The van der Waals surface area contributed by atoms with E-state index >= 15 is 0 Å². The van der Waals surface area contributed by atoms with E-state index in [1.165, 1.54) is 30.2 Å². The van der Waals surface area contributed by atoms with E-state index in [1.54, 1.807) is 24.5 Å². The fourth-order valence-electron chi connectivity index (χ4n) is 2.60. The third-order valence-corrected chi connectivity index (χ3v) is 4.83. The number of halogens is 2. The van der Waals surface area contributed by atoms with Crippen molar-refractivity contribution in [3.63, 3.8) is 0 Å². The fourth-order valence-corrected chi connectivity index (χ4v) is 3.46. The standard InChI is InChI=1S/C20H14FN5S.ClH/c21-16-10-13(6-7-15(16)17-11-26-19(22)12-25-17)14-4-1-2-5-18(14)27-20-23-8-3-9-24-20;/h1-12H,(H2,22,26);1H. The van der Waals surface area contributed by atoms with Crippen molar-refractivity contribution in [2.45, 2.75) is 10.1 Å². The van der Waals surface area contributed by atoms with Gasteiger partial charge in [-0.3, -0.25) is 4.98 Å². The first-order chi connectivity index (χ1) is 13.2. The number of anilines is 1.